The Hall–Kier alpha value is -2.85. The fraction of sp³-hybridized carbons (Fsp3) is 0. The van der Waals surface area contributed by atoms with Gasteiger partial charge in [-0.15, -0.1) is 0 Å². The van der Waals surface area contributed by atoms with Crippen LogP contribution in [0.4, 0.5) is 14.9 Å². The van der Waals surface area contributed by atoms with Gasteiger partial charge in [-0.25, -0.2) is 14.6 Å². The van der Waals surface area contributed by atoms with E-state index < -0.39 is 11.9 Å². The van der Waals surface area contributed by atoms with Gasteiger partial charge in [-0.1, -0.05) is 35.0 Å². The van der Waals surface area contributed by atoms with E-state index in [1.54, 1.807) is 30.3 Å². The van der Waals surface area contributed by atoms with Gasteiger partial charge in [0.05, 0.1) is 15.0 Å². The summed E-state index contributed by atoms with van der Waals surface area (Å²) in [6, 6.07) is 13.1. The number of rotatable bonds is 4. The van der Waals surface area contributed by atoms with Crippen molar-refractivity contribution in [2.75, 3.05) is 5.32 Å². The van der Waals surface area contributed by atoms with Gasteiger partial charge in [-0.05, 0) is 66.8 Å². The molecule has 2 aromatic carbocycles. The summed E-state index contributed by atoms with van der Waals surface area (Å²) in [5.41, 5.74) is 3.49. The maximum absolute atomic E-state index is 13.1. The highest BCUT2D eigenvalue weighted by Crippen LogP contribution is 2.33. The molecule has 0 aliphatic carbocycles. The minimum atomic E-state index is -0.683. The first-order chi connectivity index (χ1) is 15.3. The van der Waals surface area contributed by atoms with E-state index in [9.17, 15) is 14.0 Å². The Morgan fingerprint density at radius 2 is 1.84 bits per heavy atom. The molecule has 0 saturated carbocycles. The number of urea groups is 1. The lowest BCUT2D eigenvalue weighted by atomic mass is 10.2. The number of halogens is 3. The number of carbonyl (C=O) groups is 2. The predicted octanol–water partition coefficient (Wildman–Crippen LogP) is 6.33. The topological polar surface area (TPSA) is 74.6 Å². The van der Waals surface area contributed by atoms with Crippen LogP contribution in [0.25, 0.3) is 17.4 Å². The second-order valence-corrected chi connectivity index (χ2v) is 8.91. The summed E-state index contributed by atoms with van der Waals surface area (Å²) < 4.78 is 19.0. The Bertz CT molecular complexity index is 1260. The van der Waals surface area contributed by atoms with E-state index in [4.69, 9.17) is 39.8 Å². The Balaban J connectivity index is 1.44. The normalized spacial score (nSPS) is 14.8. The maximum atomic E-state index is 13.1. The first-order valence-corrected chi connectivity index (χ1v) is 10.9. The first kappa shape index (κ1) is 22.3. The van der Waals surface area contributed by atoms with Crippen LogP contribution in [0.2, 0.25) is 10.0 Å². The largest absolute Gasteiger partial charge is 0.457 e. The highest BCUT2D eigenvalue weighted by Gasteiger charge is 2.34. The van der Waals surface area contributed by atoms with Crippen molar-refractivity contribution in [1.29, 1.82) is 0 Å². The summed E-state index contributed by atoms with van der Waals surface area (Å²) in [5, 5.41) is 4.13. The third-order valence-corrected chi connectivity index (χ3v) is 6.25. The number of hydrogen-bond acceptors (Lipinski definition) is 5. The summed E-state index contributed by atoms with van der Waals surface area (Å²) in [4.78, 5) is 25.3. The zero-order valence-corrected chi connectivity index (χ0v) is 19.0. The number of anilines is 1. The van der Waals surface area contributed by atoms with E-state index in [2.05, 4.69) is 10.7 Å². The third kappa shape index (κ3) is 4.97. The Kier molecular flexibility index (Phi) is 6.52. The number of hydrazine groups is 1. The van der Waals surface area contributed by atoms with Gasteiger partial charge in [-0.2, -0.15) is 5.01 Å². The van der Waals surface area contributed by atoms with Gasteiger partial charge in [0.1, 0.15) is 17.3 Å². The van der Waals surface area contributed by atoms with Crippen molar-refractivity contribution >= 4 is 75.2 Å². The smallest absolute Gasteiger partial charge is 0.338 e. The Morgan fingerprint density at radius 1 is 1.09 bits per heavy atom. The number of hydrogen-bond donors (Lipinski definition) is 2. The highest BCUT2D eigenvalue weighted by molar-refractivity contribution is 8.26. The van der Waals surface area contributed by atoms with E-state index in [-0.39, 0.29) is 20.1 Å². The first-order valence-electron chi connectivity index (χ1n) is 8.96. The van der Waals surface area contributed by atoms with Gasteiger partial charge in [0.2, 0.25) is 0 Å². The van der Waals surface area contributed by atoms with Crippen molar-refractivity contribution in [3.05, 3.63) is 81.1 Å². The molecule has 0 unspecified atom stereocenters. The van der Waals surface area contributed by atoms with Crippen molar-refractivity contribution in [2.45, 2.75) is 0 Å². The average molecular weight is 508 g/mol. The SMILES string of the molecule is O=C(Nc1ccc(Cl)c(Cl)c1)NN1C(=O)/C(=C/c2ccc(-c3ccc(F)cc3)o2)SC1=S. The Morgan fingerprint density at radius 3 is 2.56 bits per heavy atom. The molecule has 1 aromatic heterocycles. The molecule has 3 amide bonds. The molecule has 162 valence electrons. The number of nitrogens with zero attached hydrogens (tertiary/aromatic N) is 1. The lowest BCUT2D eigenvalue weighted by molar-refractivity contribution is -0.123. The summed E-state index contributed by atoms with van der Waals surface area (Å²) in [5.74, 6) is 0.0693. The number of nitrogens with one attached hydrogen (secondary N) is 2. The van der Waals surface area contributed by atoms with Crippen LogP contribution < -0.4 is 10.7 Å². The fourth-order valence-electron chi connectivity index (χ4n) is 2.73. The van der Waals surface area contributed by atoms with E-state index in [1.165, 1.54) is 30.3 Å². The molecule has 2 heterocycles. The average Bonchev–Trinajstić information content (AvgIpc) is 3.32. The van der Waals surface area contributed by atoms with Crippen LogP contribution in [0.5, 0.6) is 0 Å². The van der Waals surface area contributed by atoms with E-state index in [0.717, 1.165) is 16.8 Å². The quantitative estimate of drug-likeness (QED) is 0.318. The summed E-state index contributed by atoms with van der Waals surface area (Å²) in [7, 11) is 0. The molecule has 0 spiro atoms. The molecule has 1 saturated heterocycles. The molecular formula is C21H12Cl2FN3O3S2. The minimum absolute atomic E-state index is 0.149. The minimum Gasteiger partial charge on any atom is -0.457 e. The van der Waals surface area contributed by atoms with E-state index >= 15 is 0 Å². The zero-order valence-electron chi connectivity index (χ0n) is 15.9. The van der Waals surface area contributed by atoms with Gasteiger partial charge in [-0.3, -0.25) is 4.79 Å². The summed E-state index contributed by atoms with van der Waals surface area (Å²) in [6.07, 6.45) is 1.52. The van der Waals surface area contributed by atoms with Crippen LogP contribution in [-0.2, 0) is 4.79 Å². The van der Waals surface area contributed by atoms with Crippen LogP contribution >= 0.6 is 47.2 Å². The molecular weight excluding hydrogens is 496 g/mol. The van der Waals surface area contributed by atoms with Crippen LogP contribution in [0.3, 0.4) is 0 Å². The standard InChI is InChI=1S/C21H12Cl2FN3O3S2/c22-15-7-5-13(9-16(15)23)25-20(29)26-27-19(28)18(32-21(27)31)10-14-6-8-17(30-14)11-1-3-12(24)4-2-11/h1-10H,(H2,25,26,29)/b18-10-. The van der Waals surface area contributed by atoms with Gasteiger partial charge >= 0.3 is 6.03 Å². The molecule has 1 aliphatic heterocycles. The number of thiocarbonyl (C=S) groups is 1. The van der Waals surface area contributed by atoms with Crippen molar-refractivity contribution in [2.24, 2.45) is 0 Å². The molecule has 32 heavy (non-hydrogen) atoms. The van der Waals surface area contributed by atoms with Gasteiger partial charge in [0, 0.05) is 17.3 Å². The molecule has 6 nitrogen and oxygen atoms in total. The molecule has 2 N–H and O–H groups in total. The number of thioether (sulfide) groups is 1. The predicted molar refractivity (Wildman–Crippen MR) is 128 cm³/mol. The van der Waals surface area contributed by atoms with Crippen molar-refractivity contribution < 1.29 is 18.4 Å². The zero-order chi connectivity index (χ0) is 22.8. The second-order valence-electron chi connectivity index (χ2n) is 6.42. The van der Waals surface area contributed by atoms with Crippen LogP contribution in [-0.4, -0.2) is 21.3 Å². The lowest BCUT2D eigenvalue weighted by Crippen LogP contribution is -2.46. The number of furan rings is 1. The van der Waals surface area contributed by atoms with Crippen molar-refractivity contribution in [3.63, 3.8) is 0 Å². The van der Waals surface area contributed by atoms with Crippen molar-refractivity contribution in [1.82, 2.24) is 10.4 Å². The summed E-state index contributed by atoms with van der Waals surface area (Å²) >= 11 is 18.0. The molecule has 3 aromatic rings. The third-order valence-electron chi connectivity index (χ3n) is 4.21. The van der Waals surface area contributed by atoms with E-state index in [1.807, 2.05) is 0 Å². The summed E-state index contributed by atoms with van der Waals surface area (Å²) in [6.45, 7) is 0. The van der Waals surface area contributed by atoms with Gasteiger partial charge < -0.3 is 9.73 Å². The number of benzene rings is 2. The molecule has 4 rings (SSSR count). The Labute approximate surface area is 201 Å². The van der Waals surface area contributed by atoms with E-state index in [0.29, 0.717) is 27.8 Å². The maximum Gasteiger partial charge on any atom is 0.338 e. The number of amides is 3. The fourth-order valence-corrected chi connectivity index (χ4v) is 4.19. The lowest BCUT2D eigenvalue weighted by Gasteiger charge is -2.16. The molecule has 0 atom stereocenters. The monoisotopic (exact) mass is 507 g/mol. The molecule has 1 fully saturated rings. The van der Waals surface area contributed by atoms with Crippen molar-refractivity contribution in [3.8, 4) is 11.3 Å². The molecule has 0 bridgehead atoms. The van der Waals surface area contributed by atoms with Crippen LogP contribution in [0.1, 0.15) is 5.76 Å². The molecule has 0 radical (unpaired) electrons. The molecule has 11 heteroatoms. The highest BCUT2D eigenvalue weighted by atomic mass is 35.5. The van der Waals surface area contributed by atoms with Gasteiger partial charge in [0.15, 0.2) is 4.32 Å². The van der Waals surface area contributed by atoms with Crippen LogP contribution in [0.15, 0.2) is 63.9 Å². The van der Waals surface area contributed by atoms with Crippen LogP contribution in [0, 0.1) is 5.82 Å². The molecule has 1 aliphatic rings. The number of carbonyl (C=O) groups excluding carboxylic acids is 2. The van der Waals surface area contributed by atoms with Gasteiger partial charge in [0.25, 0.3) is 5.91 Å². The second kappa shape index (κ2) is 9.33.